The van der Waals surface area contributed by atoms with Gasteiger partial charge in [-0.15, -0.1) is 0 Å². The zero-order chi connectivity index (χ0) is 11.6. The molecule has 1 atom stereocenters. The van der Waals surface area contributed by atoms with Crippen molar-refractivity contribution in [3.8, 4) is 0 Å². The molecule has 2 heterocycles. The van der Waals surface area contributed by atoms with Gasteiger partial charge in [-0.1, -0.05) is 11.6 Å². The van der Waals surface area contributed by atoms with E-state index in [1.807, 2.05) is 0 Å². The van der Waals surface area contributed by atoms with E-state index in [0.29, 0.717) is 24.2 Å². The lowest BCUT2D eigenvalue weighted by Crippen LogP contribution is -2.30. The van der Waals surface area contributed by atoms with Gasteiger partial charge in [-0.05, 0) is 12.8 Å². The summed E-state index contributed by atoms with van der Waals surface area (Å²) in [5, 5.41) is 12.2. The molecule has 1 aromatic rings. The van der Waals surface area contributed by atoms with E-state index in [2.05, 4.69) is 5.16 Å². The topological polar surface area (TPSA) is 80.4 Å². The van der Waals surface area contributed by atoms with E-state index >= 15 is 0 Å². The minimum absolute atomic E-state index is 0.161. The highest BCUT2D eigenvalue weighted by Crippen LogP contribution is 2.24. The Morgan fingerprint density at radius 1 is 1.50 bits per heavy atom. The molecule has 5 nitrogen and oxygen atoms in total. The molecule has 0 aromatic carbocycles. The highest BCUT2D eigenvalue weighted by molar-refractivity contribution is 7.92. The van der Waals surface area contributed by atoms with Gasteiger partial charge in [-0.3, -0.25) is 0 Å². The maximum Gasteiger partial charge on any atom is 0.153 e. The molecule has 0 radical (unpaired) electrons. The van der Waals surface area contributed by atoms with Gasteiger partial charge in [-0.2, -0.15) is 0 Å². The van der Waals surface area contributed by atoms with E-state index in [0.717, 1.165) is 12.8 Å². The van der Waals surface area contributed by atoms with Crippen LogP contribution in [0.1, 0.15) is 30.6 Å². The van der Waals surface area contributed by atoms with Gasteiger partial charge in [0.05, 0.1) is 23.8 Å². The van der Waals surface area contributed by atoms with Crippen molar-refractivity contribution < 1.29 is 18.0 Å². The van der Waals surface area contributed by atoms with E-state index in [-0.39, 0.29) is 17.6 Å². The molecule has 0 spiro atoms. The minimum Gasteiger partial charge on any atom is -0.391 e. The molecular weight excluding hydrogens is 230 g/mol. The smallest absolute Gasteiger partial charge is 0.153 e. The molecule has 1 saturated heterocycles. The van der Waals surface area contributed by atoms with E-state index in [4.69, 9.17) is 9.63 Å². The molecular formula is C10H15NO4S. The summed E-state index contributed by atoms with van der Waals surface area (Å²) in [5.74, 6) is 0.762. The molecule has 2 rings (SSSR count). The van der Waals surface area contributed by atoms with E-state index in [1.165, 1.54) is 6.20 Å². The number of sulfone groups is 1. The lowest BCUT2D eigenvalue weighted by atomic mass is 10.1. The third kappa shape index (κ3) is 2.27. The fourth-order valence-electron chi connectivity index (χ4n) is 2.04. The molecule has 1 aliphatic rings. The molecule has 16 heavy (non-hydrogen) atoms. The summed E-state index contributed by atoms with van der Waals surface area (Å²) in [6, 6.07) is 0. The summed E-state index contributed by atoms with van der Waals surface area (Å²) in [6.45, 7) is -0.161. The Balaban J connectivity index is 2.15. The molecule has 1 aromatic heterocycles. The Hall–Kier alpha value is -0.880. The second-order valence-corrected chi connectivity index (χ2v) is 6.52. The Kier molecular flexibility index (Phi) is 3.30. The maximum absolute atomic E-state index is 11.8. The molecule has 1 aliphatic heterocycles. The van der Waals surface area contributed by atoms with Gasteiger partial charge < -0.3 is 9.63 Å². The van der Waals surface area contributed by atoms with Crippen LogP contribution in [0.25, 0.3) is 0 Å². The minimum atomic E-state index is -2.99. The number of aliphatic hydroxyl groups excluding tert-OH is 1. The summed E-state index contributed by atoms with van der Waals surface area (Å²) in [7, 11) is -2.99. The molecule has 6 heteroatoms. The number of hydrogen-bond donors (Lipinski definition) is 1. The number of aliphatic hydroxyl groups is 1. The molecule has 1 fully saturated rings. The van der Waals surface area contributed by atoms with Crippen molar-refractivity contribution in [3.63, 3.8) is 0 Å². The van der Waals surface area contributed by atoms with Gasteiger partial charge in [0.2, 0.25) is 0 Å². The van der Waals surface area contributed by atoms with Crippen LogP contribution in [0.15, 0.2) is 10.7 Å². The molecule has 0 amide bonds. The summed E-state index contributed by atoms with van der Waals surface area (Å²) < 4.78 is 28.5. The van der Waals surface area contributed by atoms with Crippen LogP contribution in [0, 0.1) is 0 Å². The van der Waals surface area contributed by atoms with Crippen LogP contribution in [0.3, 0.4) is 0 Å². The average molecular weight is 245 g/mol. The third-order valence-electron chi connectivity index (χ3n) is 3.03. The van der Waals surface area contributed by atoms with Crippen LogP contribution >= 0.6 is 0 Å². The van der Waals surface area contributed by atoms with Crippen molar-refractivity contribution >= 4 is 9.84 Å². The molecule has 1 unspecified atom stereocenters. The quantitative estimate of drug-likeness (QED) is 0.846. The van der Waals surface area contributed by atoms with Gasteiger partial charge in [0.25, 0.3) is 0 Å². The molecule has 0 bridgehead atoms. The Labute approximate surface area is 94.4 Å². The fraction of sp³-hybridized carbons (Fsp3) is 0.700. The second kappa shape index (κ2) is 4.55. The first-order valence-electron chi connectivity index (χ1n) is 5.38. The zero-order valence-electron chi connectivity index (χ0n) is 8.92. The summed E-state index contributed by atoms with van der Waals surface area (Å²) in [4.78, 5) is 0. The second-order valence-electron chi connectivity index (χ2n) is 4.12. The van der Waals surface area contributed by atoms with Crippen molar-refractivity contribution in [2.75, 3.05) is 5.75 Å². The van der Waals surface area contributed by atoms with Gasteiger partial charge in [0.15, 0.2) is 9.84 Å². The van der Waals surface area contributed by atoms with Crippen molar-refractivity contribution in [1.29, 1.82) is 0 Å². The number of nitrogens with zero attached hydrogens (tertiary/aromatic N) is 1. The number of hydrogen-bond acceptors (Lipinski definition) is 5. The SMILES string of the molecule is O=S1(=O)CCCCC1Cc1oncc1CO. The molecule has 0 aliphatic carbocycles. The van der Waals surface area contributed by atoms with Crippen LogP contribution in [-0.2, 0) is 22.9 Å². The van der Waals surface area contributed by atoms with Crippen molar-refractivity contribution in [1.82, 2.24) is 5.16 Å². The summed E-state index contributed by atoms with van der Waals surface area (Å²) >= 11 is 0. The van der Waals surface area contributed by atoms with Crippen LogP contribution in [0.5, 0.6) is 0 Å². The Morgan fingerprint density at radius 2 is 2.31 bits per heavy atom. The van der Waals surface area contributed by atoms with Crippen LogP contribution in [0.4, 0.5) is 0 Å². The number of rotatable bonds is 3. The van der Waals surface area contributed by atoms with E-state index in [9.17, 15) is 8.42 Å². The standard InChI is InChI=1S/C10H15NO4S/c12-7-8-6-11-15-10(8)5-9-3-1-2-4-16(9,13)14/h6,9,12H,1-5,7H2. The maximum atomic E-state index is 11.8. The van der Waals surface area contributed by atoms with E-state index in [1.54, 1.807) is 0 Å². The van der Waals surface area contributed by atoms with Crippen molar-refractivity contribution in [2.45, 2.75) is 37.5 Å². The highest BCUT2D eigenvalue weighted by Gasteiger charge is 2.30. The van der Waals surface area contributed by atoms with Gasteiger partial charge >= 0.3 is 0 Å². The van der Waals surface area contributed by atoms with Crippen LogP contribution in [-0.4, -0.2) is 29.7 Å². The monoisotopic (exact) mass is 245 g/mol. The Bertz CT molecular complexity index is 451. The van der Waals surface area contributed by atoms with Gasteiger partial charge in [0, 0.05) is 12.0 Å². The third-order valence-corrected chi connectivity index (χ3v) is 5.30. The lowest BCUT2D eigenvalue weighted by Gasteiger charge is -2.21. The normalized spacial score (nSPS) is 24.4. The van der Waals surface area contributed by atoms with Crippen LogP contribution in [0.2, 0.25) is 0 Å². The zero-order valence-corrected chi connectivity index (χ0v) is 9.74. The summed E-state index contributed by atoms with van der Waals surface area (Å²) in [6.07, 6.45) is 4.13. The largest absolute Gasteiger partial charge is 0.391 e. The Morgan fingerprint density at radius 3 is 3.00 bits per heavy atom. The van der Waals surface area contributed by atoms with E-state index < -0.39 is 9.84 Å². The first-order valence-corrected chi connectivity index (χ1v) is 7.10. The predicted molar refractivity (Wildman–Crippen MR) is 57.6 cm³/mol. The highest BCUT2D eigenvalue weighted by atomic mass is 32.2. The molecule has 90 valence electrons. The van der Waals surface area contributed by atoms with Crippen molar-refractivity contribution in [2.24, 2.45) is 0 Å². The fourth-order valence-corrected chi connectivity index (χ4v) is 3.91. The number of aromatic nitrogens is 1. The van der Waals surface area contributed by atoms with Gasteiger partial charge in [0.1, 0.15) is 5.76 Å². The molecule has 1 N–H and O–H groups in total. The van der Waals surface area contributed by atoms with Crippen LogP contribution < -0.4 is 0 Å². The molecule has 0 saturated carbocycles. The first-order chi connectivity index (χ1) is 7.63. The van der Waals surface area contributed by atoms with Crippen molar-refractivity contribution in [3.05, 3.63) is 17.5 Å². The van der Waals surface area contributed by atoms with Gasteiger partial charge in [-0.25, -0.2) is 8.42 Å². The summed E-state index contributed by atoms with van der Waals surface area (Å²) in [5.41, 5.74) is 0.584. The first kappa shape index (κ1) is 11.6. The predicted octanol–water partition coefficient (Wildman–Crippen LogP) is 0.677. The lowest BCUT2D eigenvalue weighted by molar-refractivity contribution is 0.276. The average Bonchev–Trinajstić information content (AvgIpc) is 2.68.